The first-order valence-electron chi connectivity index (χ1n) is 10.6. The van der Waals surface area contributed by atoms with Crippen molar-refractivity contribution in [2.45, 2.75) is 71.1 Å². The summed E-state index contributed by atoms with van der Waals surface area (Å²) >= 11 is 0. The third-order valence-corrected chi connectivity index (χ3v) is 4.59. The lowest BCUT2D eigenvalue weighted by atomic mass is 10.1. The van der Waals surface area contributed by atoms with E-state index in [4.69, 9.17) is 4.74 Å². The lowest BCUT2D eigenvalue weighted by molar-refractivity contribution is -0.134. The predicted octanol–water partition coefficient (Wildman–Crippen LogP) is 7.93. The molecule has 0 heterocycles. The van der Waals surface area contributed by atoms with E-state index in [0.29, 0.717) is 12.2 Å². The van der Waals surface area contributed by atoms with Crippen molar-refractivity contribution in [3.8, 4) is 5.75 Å². The number of nitrogens with zero attached hydrogens (tertiary/aromatic N) is 2. The Labute approximate surface area is 169 Å². The quantitative estimate of drug-likeness (QED) is 0.153. The van der Waals surface area contributed by atoms with E-state index in [9.17, 15) is 4.79 Å². The van der Waals surface area contributed by atoms with Crippen LogP contribution < -0.4 is 4.74 Å². The van der Waals surface area contributed by atoms with Crippen LogP contribution in [-0.4, -0.2) is 5.97 Å². The lowest BCUT2D eigenvalue weighted by Crippen LogP contribution is -2.07. The van der Waals surface area contributed by atoms with E-state index in [1.165, 1.54) is 44.9 Å². The van der Waals surface area contributed by atoms with Crippen LogP contribution >= 0.6 is 0 Å². The van der Waals surface area contributed by atoms with Crippen LogP contribution in [0.2, 0.25) is 0 Å². The molecule has 0 aliphatic heterocycles. The van der Waals surface area contributed by atoms with Crippen LogP contribution in [0.15, 0.2) is 64.8 Å². The first-order chi connectivity index (χ1) is 13.8. The van der Waals surface area contributed by atoms with Gasteiger partial charge in [0.25, 0.3) is 0 Å². The Balaban J connectivity index is 1.60. The van der Waals surface area contributed by atoms with Crippen LogP contribution in [0.1, 0.15) is 71.1 Å². The molecule has 0 spiro atoms. The Morgan fingerprint density at radius 1 is 0.714 bits per heavy atom. The summed E-state index contributed by atoms with van der Waals surface area (Å²) < 4.78 is 5.39. The average molecular weight is 381 g/mol. The largest absolute Gasteiger partial charge is 0.427 e. The molecule has 0 aromatic heterocycles. The minimum Gasteiger partial charge on any atom is -0.427 e. The number of hydrogen-bond acceptors (Lipinski definition) is 4. The van der Waals surface area contributed by atoms with Crippen molar-refractivity contribution in [3.63, 3.8) is 0 Å². The van der Waals surface area contributed by atoms with Crippen LogP contribution in [0, 0.1) is 0 Å². The maximum Gasteiger partial charge on any atom is 0.311 e. The number of esters is 1. The van der Waals surface area contributed by atoms with Crippen molar-refractivity contribution >= 4 is 17.3 Å². The summed E-state index contributed by atoms with van der Waals surface area (Å²) in [7, 11) is 0. The van der Waals surface area contributed by atoms with Crippen LogP contribution in [-0.2, 0) is 4.79 Å². The zero-order chi connectivity index (χ0) is 19.9. The minimum atomic E-state index is -0.165. The van der Waals surface area contributed by atoms with Crippen molar-refractivity contribution in [1.82, 2.24) is 0 Å². The van der Waals surface area contributed by atoms with Crippen molar-refractivity contribution in [1.29, 1.82) is 0 Å². The molecular formula is C24H32N2O2. The van der Waals surface area contributed by atoms with E-state index in [2.05, 4.69) is 17.2 Å². The molecule has 0 aliphatic carbocycles. The topological polar surface area (TPSA) is 51.0 Å². The highest BCUT2D eigenvalue weighted by Gasteiger charge is 2.05. The number of unbranched alkanes of at least 4 members (excludes halogenated alkanes) is 8. The number of azo groups is 1. The fraction of sp³-hybridized carbons (Fsp3) is 0.458. The number of hydrogen-bond donors (Lipinski definition) is 0. The third kappa shape index (κ3) is 9.45. The Kier molecular flexibility index (Phi) is 10.6. The maximum absolute atomic E-state index is 12.0. The SMILES string of the molecule is CCCCCCCCCCCC(=O)Oc1ccc(N=Nc2ccccc2)cc1. The molecule has 2 aromatic carbocycles. The summed E-state index contributed by atoms with van der Waals surface area (Å²) in [6.45, 7) is 2.24. The number of benzene rings is 2. The Morgan fingerprint density at radius 3 is 1.86 bits per heavy atom. The van der Waals surface area contributed by atoms with Gasteiger partial charge in [-0.1, -0.05) is 76.5 Å². The van der Waals surface area contributed by atoms with Gasteiger partial charge in [-0.15, -0.1) is 0 Å². The third-order valence-electron chi connectivity index (χ3n) is 4.59. The molecule has 0 bridgehead atoms. The highest BCUT2D eigenvalue weighted by Crippen LogP contribution is 2.21. The molecule has 2 rings (SSSR count). The van der Waals surface area contributed by atoms with Crippen LogP contribution in [0.5, 0.6) is 5.75 Å². The second kappa shape index (κ2) is 13.6. The summed E-state index contributed by atoms with van der Waals surface area (Å²) in [5.74, 6) is 0.390. The van der Waals surface area contributed by atoms with Gasteiger partial charge in [0.2, 0.25) is 0 Å². The van der Waals surface area contributed by atoms with Gasteiger partial charge in [-0.25, -0.2) is 0 Å². The van der Waals surface area contributed by atoms with Crippen molar-refractivity contribution < 1.29 is 9.53 Å². The van der Waals surface area contributed by atoms with Gasteiger partial charge in [0, 0.05) is 6.42 Å². The summed E-state index contributed by atoms with van der Waals surface area (Å²) in [6, 6.07) is 16.7. The highest BCUT2D eigenvalue weighted by atomic mass is 16.5. The van der Waals surface area contributed by atoms with E-state index in [1.54, 1.807) is 24.3 Å². The molecule has 4 heteroatoms. The Bertz CT molecular complexity index is 696. The lowest BCUT2D eigenvalue weighted by Gasteiger charge is -2.05. The van der Waals surface area contributed by atoms with E-state index < -0.39 is 0 Å². The molecule has 2 aromatic rings. The molecule has 0 saturated heterocycles. The summed E-state index contributed by atoms with van der Waals surface area (Å²) in [6.07, 6.45) is 11.6. The highest BCUT2D eigenvalue weighted by molar-refractivity contribution is 5.72. The molecule has 0 saturated carbocycles. The molecular weight excluding hydrogens is 348 g/mol. The molecule has 0 aliphatic rings. The molecule has 150 valence electrons. The standard InChI is InChI=1S/C24H32N2O2/c1-2-3-4-5-6-7-8-9-13-16-24(27)28-23-19-17-22(18-20-23)26-25-21-14-11-10-12-15-21/h10-12,14-15,17-20H,2-9,13,16H2,1H3. The average Bonchev–Trinajstić information content (AvgIpc) is 2.73. The number of rotatable bonds is 13. The van der Waals surface area contributed by atoms with E-state index in [1.807, 2.05) is 30.3 Å². The van der Waals surface area contributed by atoms with Crippen LogP contribution in [0.3, 0.4) is 0 Å². The first kappa shape index (κ1) is 21.8. The van der Waals surface area contributed by atoms with Crippen LogP contribution in [0.25, 0.3) is 0 Å². The van der Waals surface area contributed by atoms with Gasteiger partial charge in [0.05, 0.1) is 11.4 Å². The van der Waals surface area contributed by atoms with Crippen molar-refractivity contribution in [3.05, 3.63) is 54.6 Å². The molecule has 0 N–H and O–H groups in total. The van der Waals surface area contributed by atoms with Gasteiger partial charge in [-0.05, 0) is 42.8 Å². The van der Waals surface area contributed by atoms with Gasteiger partial charge in [-0.2, -0.15) is 10.2 Å². The predicted molar refractivity (Wildman–Crippen MR) is 115 cm³/mol. The zero-order valence-electron chi connectivity index (χ0n) is 17.0. The Morgan fingerprint density at radius 2 is 1.25 bits per heavy atom. The molecule has 4 nitrogen and oxygen atoms in total. The zero-order valence-corrected chi connectivity index (χ0v) is 17.0. The maximum atomic E-state index is 12.0. The van der Waals surface area contributed by atoms with Gasteiger partial charge in [0.15, 0.2) is 0 Å². The van der Waals surface area contributed by atoms with Crippen LogP contribution in [0.4, 0.5) is 11.4 Å². The van der Waals surface area contributed by atoms with Gasteiger partial charge in [-0.3, -0.25) is 4.79 Å². The van der Waals surface area contributed by atoms with E-state index >= 15 is 0 Å². The van der Waals surface area contributed by atoms with Gasteiger partial charge in [0.1, 0.15) is 5.75 Å². The number of carbonyl (C=O) groups excluding carboxylic acids is 1. The Hall–Kier alpha value is -2.49. The molecule has 0 radical (unpaired) electrons. The first-order valence-corrected chi connectivity index (χ1v) is 10.6. The molecule has 0 amide bonds. The second-order valence-electron chi connectivity index (χ2n) is 7.08. The van der Waals surface area contributed by atoms with Gasteiger partial charge >= 0.3 is 5.97 Å². The molecule has 28 heavy (non-hydrogen) atoms. The summed E-state index contributed by atoms with van der Waals surface area (Å²) in [4.78, 5) is 12.0. The normalized spacial score (nSPS) is 11.0. The summed E-state index contributed by atoms with van der Waals surface area (Å²) in [5, 5.41) is 8.35. The fourth-order valence-electron chi connectivity index (χ4n) is 2.95. The van der Waals surface area contributed by atoms with Crippen molar-refractivity contribution in [2.24, 2.45) is 10.2 Å². The molecule has 0 atom stereocenters. The monoisotopic (exact) mass is 380 g/mol. The molecule has 0 fully saturated rings. The number of ether oxygens (including phenoxy) is 1. The smallest absolute Gasteiger partial charge is 0.311 e. The van der Waals surface area contributed by atoms with E-state index in [0.717, 1.165) is 24.2 Å². The fourth-order valence-corrected chi connectivity index (χ4v) is 2.95. The van der Waals surface area contributed by atoms with Gasteiger partial charge < -0.3 is 4.74 Å². The van der Waals surface area contributed by atoms with Crippen molar-refractivity contribution in [2.75, 3.05) is 0 Å². The number of carbonyl (C=O) groups is 1. The minimum absolute atomic E-state index is 0.165. The van der Waals surface area contributed by atoms with E-state index in [-0.39, 0.29) is 5.97 Å². The summed E-state index contributed by atoms with van der Waals surface area (Å²) in [5.41, 5.74) is 1.53. The second-order valence-corrected chi connectivity index (χ2v) is 7.08. The molecule has 0 unspecified atom stereocenters.